The quantitative estimate of drug-likeness (QED) is 0.795. The first-order valence-electron chi connectivity index (χ1n) is 5.84. The van der Waals surface area contributed by atoms with Gasteiger partial charge >= 0.3 is 0 Å². The van der Waals surface area contributed by atoms with E-state index in [0.29, 0.717) is 5.92 Å². The summed E-state index contributed by atoms with van der Waals surface area (Å²) in [7, 11) is 0. The summed E-state index contributed by atoms with van der Waals surface area (Å²) in [5, 5.41) is 7.87. The second kappa shape index (κ2) is 6.18. The summed E-state index contributed by atoms with van der Waals surface area (Å²) >= 11 is 1.77. The van der Waals surface area contributed by atoms with Gasteiger partial charge in [0.1, 0.15) is 0 Å². The predicted molar refractivity (Wildman–Crippen MR) is 69.1 cm³/mol. The van der Waals surface area contributed by atoms with E-state index in [-0.39, 0.29) is 0 Å². The largest absolute Gasteiger partial charge is 0.377 e. The van der Waals surface area contributed by atoms with Crippen molar-refractivity contribution in [2.24, 2.45) is 0 Å². The van der Waals surface area contributed by atoms with Crippen LogP contribution in [0.1, 0.15) is 24.8 Å². The predicted octanol–water partition coefficient (Wildman–Crippen LogP) is 2.79. The van der Waals surface area contributed by atoms with Crippen LogP contribution in [0.5, 0.6) is 0 Å². The Labute approximate surface area is 101 Å². The number of rotatable bonds is 5. The average molecular weight is 237 g/mol. The highest BCUT2D eigenvalue weighted by Crippen LogP contribution is 2.17. The van der Waals surface area contributed by atoms with Crippen LogP contribution in [0.3, 0.4) is 0 Å². The third-order valence-electron chi connectivity index (χ3n) is 2.90. The monoisotopic (exact) mass is 237 g/mol. The van der Waals surface area contributed by atoms with Gasteiger partial charge in [0, 0.05) is 13.1 Å². The van der Waals surface area contributed by atoms with Gasteiger partial charge in [-0.05, 0) is 40.3 Å². The molecule has 3 heteroatoms. The molecule has 0 amide bonds. The smallest absolute Gasteiger partial charge is 0.0689 e. The fourth-order valence-corrected chi connectivity index (χ4v) is 2.64. The molecule has 0 saturated carbocycles. The summed E-state index contributed by atoms with van der Waals surface area (Å²) in [5.41, 5.74) is 2.83. The van der Waals surface area contributed by atoms with Gasteiger partial charge in [-0.25, -0.2) is 0 Å². The maximum atomic E-state index is 5.41. The molecule has 0 aliphatic carbocycles. The average Bonchev–Trinajstić information content (AvgIpc) is 2.84. The zero-order chi connectivity index (χ0) is 11.2. The molecule has 2 heterocycles. The van der Waals surface area contributed by atoms with Gasteiger partial charge in [-0.15, -0.1) is 0 Å². The first kappa shape index (κ1) is 11.8. The topological polar surface area (TPSA) is 21.3 Å². The summed E-state index contributed by atoms with van der Waals surface area (Å²) in [6.07, 6.45) is 3.36. The Morgan fingerprint density at radius 3 is 3.19 bits per heavy atom. The molecule has 1 aromatic heterocycles. The summed E-state index contributed by atoms with van der Waals surface area (Å²) in [4.78, 5) is 0. The van der Waals surface area contributed by atoms with Crippen LogP contribution >= 0.6 is 11.3 Å². The minimum absolute atomic E-state index is 0.594. The summed E-state index contributed by atoms with van der Waals surface area (Å²) < 4.78 is 5.41. The Balaban J connectivity index is 1.69. The van der Waals surface area contributed by atoms with Crippen molar-refractivity contribution in [2.75, 3.05) is 26.3 Å². The summed E-state index contributed by atoms with van der Waals surface area (Å²) in [6, 6.07) is 2.21. The molecule has 0 fully saturated rings. The Morgan fingerprint density at radius 1 is 1.56 bits per heavy atom. The van der Waals surface area contributed by atoms with E-state index in [4.69, 9.17) is 4.74 Å². The standard InChI is InChI=1S/C13H19NOS/c1-11(13-4-6-16-10-13)7-14-8-12-3-2-5-15-9-12/h3-4,6,10-11,14H,2,5,7-9H2,1H3. The van der Waals surface area contributed by atoms with Crippen LogP contribution in [0.25, 0.3) is 0 Å². The van der Waals surface area contributed by atoms with Crippen LogP contribution in [-0.4, -0.2) is 26.3 Å². The van der Waals surface area contributed by atoms with E-state index in [0.717, 1.165) is 32.7 Å². The molecule has 0 radical (unpaired) electrons. The molecular weight excluding hydrogens is 218 g/mol. The van der Waals surface area contributed by atoms with E-state index in [2.05, 4.69) is 35.1 Å². The van der Waals surface area contributed by atoms with E-state index in [1.165, 1.54) is 11.1 Å². The third-order valence-corrected chi connectivity index (χ3v) is 3.60. The molecule has 1 aliphatic heterocycles. The van der Waals surface area contributed by atoms with E-state index in [1.54, 1.807) is 11.3 Å². The third kappa shape index (κ3) is 3.44. The van der Waals surface area contributed by atoms with Crippen LogP contribution in [0.2, 0.25) is 0 Å². The molecule has 2 rings (SSSR count). The number of nitrogens with one attached hydrogen (secondary N) is 1. The Morgan fingerprint density at radius 2 is 2.50 bits per heavy atom. The number of thiophene rings is 1. The molecule has 0 aromatic carbocycles. The minimum atomic E-state index is 0.594. The van der Waals surface area contributed by atoms with Crippen molar-refractivity contribution in [2.45, 2.75) is 19.3 Å². The van der Waals surface area contributed by atoms with Crippen molar-refractivity contribution in [1.82, 2.24) is 5.32 Å². The minimum Gasteiger partial charge on any atom is -0.377 e. The number of ether oxygens (including phenoxy) is 1. The Kier molecular flexibility index (Phi) is 4.57. The van der Waals surface area contributed by atoms with Crippen molar-refractivity contribution in [3.63, 3.8) is 0 Å². The number of hydrogen-bond donors (Lipinski definition) is 1. The molecule has 88 valence electrons. The maximum Gasteiger partial charge on any atom is 0.0689 e. The van der Waals surface area contributed by atoms with Gasteiger partial charge in [-0.3, -0.25) is 0 Å². The van der Waals surface area contributed by atoms with Gasteiger partial charge in [-0.1, -0.05) is 13.0 Å². The first-order valence-corrected chi connectivity index (χ1v) is 6.79. The normalized spacial score (nSPS) is 18.2. The van der Waals surface area contributed by atoms with E-state index < -0.39 is 0 Å². The van der Waals surface area contributed by atoms with Gasteiger partial charge in [0.25, 0.3) is 0 Å². The SMILES string of the molecule is CC(CNCC1=CCCOC1)c1ccsc1. The summed E-state index contributed by atoms with van der Waals surface area (Å²) in [5.74, 6) is 0.594. The maximum absolute atomic E-state index is 5.41. The van der Waals surface area contributed by atoms with Crippen molar-refractivity contribution in [3.8, 4) is 0 Å². The second-order valence-electron chi connectivity index (χ2n) is 4.29. The molecule has 1 aliphatic rings. The summed E-state index contributed by atoms with van der Waals surface area (Å²) in [6.45, 7) is 5.96. The van der Waals surface area contributed by atoms with Gasteiger partial charge in [0.15, 0.2) is 0 Å². The fourth-order valence-electron chi connectivity index (χ4n) is 1.85. The lowest BCUT2D eigenvalue weighted by Gasteiger charge is -2.16. The van der Waals surface area contributed by atoms with Crippen LogP contribution in [0.4, 0.5) is 0 Å². The van der Waals surface area contributed by atoms with Crippen molar-refractivity contribution in [1.29, 1.82) is 0 Å². The zero-order valence-electron chi connectivity index (χ0n) is 9.74. The molecule has 1 unspecified atom stereocenters. The number of hydrogen-bond acceptors (Lipinski definition) is 3. The van der Waals surface area contributed by atoms with Gasteiger partial charge in [0.2, 0.25) is 0 Å². The molecule has 1 aromatic rings. The van der Waals surface area contributed by atoms with Crippen LogP contribution in [-0.2, 0) is 4.74 Å². The van der Waals surface area contributed by atoms with Gasteiger partial charge in [0.05, 0.1) is 13.2 Å². The molecule has 0 spiro atoms. The van der Waals surface area contributed by atoms with Gasteiger partial charge in [-0.2, -0.15) is 11.3 Å². The highest BCUT2D eigenvalue weighted by Gasteiger charge is 2.07. The van der Waals surface area contributed by atoms with Gasteiger partial charge < -0.3 is 10.1 Å². The van der Waals surface area contributed by atoms with Crippen LogP contribution in [0.15, 0.2) is 28.5 Å². The molecular formula is C13H19NOS. The molecule has 1 atom stereocenters. The molecule has 2 nitrogen and oxygen atoms in total. The van der Waals surface area contributed by atoms with Crippen LogP contribution < -0.4 is 5.32 Å². The second-order valence-corrected chi connectivity index (χ2v) is 5.07. The van der Waals surface area contributed by atoms with Crippen molar-refractivity contribution >= 4 is 11.3 Å². The lowest BCUT2D eigenvalue weighted by molar-refractivity contribution is 0.149. The fraction of sp³-hybridized carbons (Fsp3) is 0.538. The Hall–Kier alpha value is -0.640. The van der Waals surface area contributed by atoms with Crippen molar-refractivity contribution in [3.05, 3.63) is 34.0 Å². The Bertz CT molecular complexity index is 332. The molecule has 16 heavy (non-hydrogen) atoms. The van der Waals surface area contributed by atoms with Crippen molar-refractivity contribution < 1.29 is 4.74 Å². The highest BCUT2D eigenvalue weighted by atomic mass is 32.1. The molecule has 1 N–H and O–H groups in total. The first-order chi connectivity index (χ1) is 7.86. The van der Waals surface area contributed by atoms with E-state index in [1.807, 2.05) is 0 Å². The lowest BCUT2D eigenvalue weighted by atomic mass is 10.1. The van der Waals surface area contributed by atoms with Crippen LogP contribution in [0, 0.1) is 0 Å². The van der Waals surface area contributed by atoms with E-state index >= 15 is 0 Å². The van der Waals surface area contributed by atoms with E-state index in [9.17, 15) is 0 Å². The molecule has 0 bridgehead atoms. The lowest BCUT2D eigenvalue weighted by Crippen LogP contribution is -2.25. The zero-order valence-corrected chi connectivity index (χ0v) is 10.6. The highest BCUT2D eigenvalue weighted by molar-refractivity contribution is 7.07. The molecule has 0 saturated heterocycles.